The summed E-state index contributed by atoms with van der Waals surface area (Å²) >= 11 is 0. The van der Waals surface area contributed by atoms with Crippen molar-refractivity contribution in [3.05, 3.63) is 0 Å². The predicted molar refractivity (Wildman–Crippen MR) is 125 cm³/mol. The first kappa shape index (κ1) is 26.7. The molecule has 0 aliphatic carbocycles. The van der Waals surface area contributed by atoms with E-state index >= 15 is 0 Å². The fourth-order valence-electron chi connectivity index (χ4n) is 3.72. The normalized spacial score (nSPS) is 14.5. The van der Waals surface area contributed by atoms with Crippen molar-refractivity contribution in [1.82, 2.24) is 8.80 Å². The summed E-state index contributed by atoms with van der Waals surface area (Å²) in [5.41, 5.74) is 0. The minimum Gasteiger partial charge on any atom is -0.377 e. The molecule has 5 nitrogen and oxygen atoms in total. The molecule has 0 N–H and O–H groups in total. The quantitative estimate of drug-likeness (QED) is 0.399. The molecule has 0 saturated carbocycles. The lowest BCUT2D eigenvalue weighted by atomic mass is 10.4. The molecule has 0 rings (SSSR count). The maximum absolute atomic E-state index is 5.58. The summed E-state index contributed by atoms with van der Waals surface area (Å²) in [6, 6.07) is 0.878. The molecular formula is C17H46N2O3Si4. The van der Waals surface area contributed by atoms with Crippen LogP contribution in [0, 0.1) is 0 Å². The van der Waals surface area contributed by atoms with Crippen molar-refractivity contribution < 1.29 is 13.3 Å². The van der Waals surface area contributed by atoms with Gasteiger partial charge < -0.3 is 22.1 Å². The average molecular weight is 439 g/mol. The Hall–Kier alpha value is 0.668. The van der Waals surface area contributed by atoms with Crippen molar-refractivity contribution in [2.24, 2.45) is 0 Å². The van der Waals surface area contributed by atoms with Crippen LogP contribution < -0.4 is 0 Å². The molecule has 9 heteroatoms. The van der Waals surface area contributed by atoms with Crippen LogP contribution in [0.1, 0.15) is 6.42 Å². The van der Waals surface area contributed by atoms with E-state index in [9.17, 15) is 0 Å². The monoisotopic (exact) mass is 438 g/mol. The van der Waals surface area contributed by atoms with Crippen LogP contribution in [0.25, 0.3) is 0 Å². The van der Waals surface area contributed by atoms with E-state index in [1.165, 1.54) is 13.1 Å². The van der Waals surface area contributed by atoms with E-state index in [1.807, 2.05) is 0 Å². The molecule has 26 heavy (non-hydrogen) atoms. The molecular weight excluding hydrogens is 393 g/mol. The SMILES string of the molecule is CO[Si](CCCN(CCN([Si](C)(C)C)[Si](C)(C)C)[Si](C)(C)C)(OC)OC. The molecule has 0 heterocycles. The standard InChI is InChI=1S/C17H46N2O3Si4/c1-20-26(21-2,22-3)17-13-14-18(23(4,5)6)15-16-19(24(7,8)9)25(10,11)12/h13-17H2,1-12H3. The van der Waals surface area contributed by atoms with Gasteiger partial charge in [-0.15, -0.1) is 0 Å². The van der Waals surface area contributed by atoms with Gasteiger partial charge in [0.1, 0.15) is 24.7 Å². The molecule has 0 spiro atoms. The van der Waals surface area contributed by atoms with Crippen LogP contribution in [0.15, 0.2) is 0 Å². The molecule has 0 radical (unpaired) electrons. The lowest BCUT2D eigenvalue weighted by Crippen LogP contribution is -2.62. The average Bonchev–Trinajstić information content (AvgIpc) is 2.46. The van der Waals surface area contributed by atoms with E-state index in [0.717, 1.165) is 19.0 Å². The molecule has 0 amide bonds. The van der Waals surface area contributed by atoms with Gasteiger partial charge in [0, 0.05) is 33.9 Å². The zero-order chi connectivity index (χ0) is 20.8. The fourth-order valence-corrected chi connectivity index (χ4v) is 16.6. The predicted octanol–water partition coefficient (Wildman–Crippen LogP) is 4.36. The van der Waals surface area contributed by atoms with E-state index in [2.05, 4.69) is 67.7 Å². The fraction of sp³-hybridized carbons (Fsp3) is 1.00. The molecule has 0 bridgehead atoms. The maximum atomic E-state index is 5.58. The molecule has 0 atom stereocenters. The van der Waals surface area contributed by atoms with Crippen LogP contribution in [-0.2, 0) is 13.3 Å². The van der Waals surface area contributed by atoms with Crippen molar-refractivity contribution in [3.63, 3.8) is 0 Å². The highest BCUT2D eigenvalue weighted by atomic mass is 28.4. The van der Waals surface area contributed by atoms with Gasteiger partial charge in [-0.25, -0.2) is 0 Å². The number of hydrogen-bond donors (Lipinski definition) is 0. The molecule has 0 unspecified atom stereocenters. The van der Waals surface area contributed by atoms with E-state index in [0.29, 0.717) is 0 Å². The molecule has 0 fully saturated rings. The lowest BCUT2D eigenvalue weighted by molar-refractivity contribution is 0.122. The zero-order valence-electron chi connectivity index (χ0n) is 19.7. The molecule has 0 aliphatic rings. The van der Waals surface area contributed by atoms with Crippen molar-refractivity contribution >= 4 is 33.5 Å². The third-order valence-corrected chi connectivity index (χ3v) is 17.9. The Balaban J connectivity index is 4.98. The van der Waals surface area contributed by atoms with Crippen LogP contribution in [0.4, 0.5) is 0 Å². The van der Waals surface area contributed by atoms with Gasteiger partial charge in [0.2, 0.25) is 0 Å². The summed E-state index contributed by atoms with van der Waals surface area (Å²) in [5, 5.41) is 0. The third kappa shape index (κ3) is 8.78. The summed E-state index contributed by atoms with van der Waals surface area (Å²) in [6.07, 6.45) is 1.06. The maximum Gasteiger partial charge on any atom is 0.500 e. The van der Waals surface area contributed by atoms with Gasteiger partial charge >= 0.3 is 8.80 Å². The molecule has 158 valence electrons. The highest BCUT2D eigenvalue weighted by Crippen LogP contribution is 2.21. The van der Waals surface area contributed by atoms with Crippen LogP contribution in [0.2, 0.25) is 65.0 Å². The Bertz CT molecular complexity index is 380. The lowest BCUT2D eigenvalue weighted by Gasteiger charge is -2.46. The zero-order valence-corrected chi connectivity index (χ0v) is 23.7. The van der Waals surface area contributed by atoms with Crippen molar-refractivity contribution in [2.75, 3.05) is 41.0 Å². The summed E-state index contributed by atoms with van der Waals surface area (Å²) in [4.78, 5) is 0. The van der Waals surface area contributed by atoms with Crippen molar-refractivity contribution in [3.8, 4) is 0 Å². The number of rotatable bonds is 13. The molecule has 0 aliphatic heterocycles. The van der Waals surface area contributed by atoms with E-state index in [4.69, 9.17) is 13.3 Å². The van der Waals surface area contributed by atoms with Crippen molar-refractivity contribution in [2.45, 2.75) is 71.4 Å². The number of hydrogen-bond acceptors (Lipinski definition) is 5. The summed E-state index contributed by atoms with van der Waals surface area (Å²) < 4.78 is 22.4. The minimum absolute atomic E-state index is 0.878. The van der Waals surface area contributed by atoms with Gasteiger partial charge in [-0.3, -0.25) is 0 Å². The number of nitrogens with zero attached hydrogens (tertiary/aromatic N) is 2. The second-order valence-corrected chi connectivity index (χ2v) is 28.3. The highest BCUT2D eigenvalue weighted by Gasteiger charge is 2.38. The Kier molecular flexibility index (Phi) is 10.7. The second-order valence-electron chi connectivity index (χ2n) is 10.1. The molecule has 0 aromatic heterocycles. The van der Waals surface area contributed by atoms with E-state index < -0.39 is 33.5 Å². The Morgan fingerprint density at radius 1 is 0.577 bits per heavy atom. The van der Waals surface area contributed by atoms with Gasteiger partial charge in [0.05, 0.1) is 0 Å². The van der Waals surface area contributed by atoms with Gasteiger partial charge in [-0.05, 0) is 19.5 Å². The Morgan fingerprint density at radius 2 is 1.00 bits per heavy atom. The molecule has 0 saturated heterocycles. The van der Waals surface area contributed by atoms with Gasteiger partial charge in [-0.1, -0.05) is 58.9 Å². The van der Waals surface area contributed by atoms with Crippen LogP contribution in [0.3, 0.4) is 0 Å². The Morgan fingerprint density at radius 3 is 1.31 bits per heavy atom. The summed E-state index contributed by atoms with van der Waals surface area (Å²) in [7, 11) is -1.30. The smallest absolute Gasteiger partial charge is 0.377 e. The van der Waals surface area contributed by atoms with E-state index in [1.54, 1.807) is 21.3 Å². The topological polar surface area (TPSA) is 34.2 Å². The summed E-state index contributed by atoms with van der Waals surface area (Å²) in [5.74, 6) is 0. The first-order chi connectivity index (χ1) is 11.6. The Labute approximate surface area is 168 Å². The molecule has 0 aromatic carbocycles. The third-order valence-electron chi connectivity index (χ3n) is 5.01. The first-order valence-electron chi connectivity index (χ1n) is 9.81. The second kappa shape index (κ2) is 10.4. The van der Waals surface area contributed by atoms with Crippen LogP contribution >= 0.6 is 0 Å². The van der Waals surface area contributed by atoms with Gasteiger partial charge in [0.25, 0.3) is 0 Å². The first-order valence-corrected chi connectivity index (χ1v) is 22.1. The van der Waals surface area contributed by atoms with E-state index in [-0.39, 0.29) is 0 Å². The minimum atomic E-state index is -2.46. The van der Waals surface area contributed by atoms with Crippen LogP contribution in [0.5, 0.6) is 0 Å². The highest BCUT2D eigenvalue weighted by molar-refractivity contribution is 6.89. The van der Waals surface area contributed by atoms with Crippen molar-refractivity contribution in [1.29, 1.82) is 0 Å². The summed E-state index contributed by atoms with van der Waals surface area (Å²) in [6.45, 7) is 25.8. The van der Waals surface area contributed by atoms with Gasteiger partial charge in [-0.2, -0.15) is 0 Å². The van der Waals surface area contributed by atoms with Crippen LogP contribution in [-0.4, -0.2) is 83.3 Å². The molecule has 0 aromatic rings. The largest absolute Gasteiger partial charge is 0.500 e. The van der Waals surface area contributed by atoms with Gasteiger partial charge in [0.15, 0.2) is 0 Å².